The monoisotopic (exact) mass is 427 g/mol. The number of carbonyl (C=O) groups is 1. The number of para-hydroxylation sites is 1. The molecule has 0 radical (unpaired) electrons. The quantitative estimate of drug-likeness (QED) is 0.436. The zero-order valence-corrected chi connectivity index (χ0v) is 17.8. The molecule has 0 fully saturated rings. The molecule has 8 nitrogen and oxygen atoms in total. The molecule has 160 valence electrons. The first-order valence-electron chi connectivity index (χ1n) is 10.3. The van der Waals surface area contributed by atoms with Gasteiger partial charge in [0.25, 0.3) is 5.56 Å². The summed E-state index contributed by atoms with van der Waals surface area (Å²) in [6.07, 6.45) is 0.695. The van der Waals surface area contributed by atoms with E-state index < -0.39 is 5.97 Å². The Bertz CT molecular complexity index is 1400. The number of carbonyl (C=O) groups excluding carboxylic acids is 1. The van der Waals surface area contributed by atoms with E-state index in [-0.39, 0.29) is 17.9 Å². The van der Waals surface area contributed by atoms with Crippen molar-refractivity contribution in [3.8, 4) is 11.8 Å². The Morgan fingerprint density at radius 1 is 1.06 bits per heavy atom. The van der Waals surface area contributed by atoms with Crippen molar-refractivity contribution in [3.63, 3.8) is 0 Å². The van der Waals surface area contributed by atoms with E-state index in [0.717, 1.165) is 5.69 Å². The van der Waals surface area contributed by atoms with E-state index in [2.05, 4.69) is 16.3 Å². The molecule has 0 N–H and O–H groups in total. The highest BCUT2D eigenvalue weighted by molar-refractivity contribution is 6.02. The van der Waals surface area contributed by atoms with Gasteiger partial charge in [0.15, 0.2) is 5.69 Å². The first-order valence-corrected chi connectivity index (χ1v) is 10.3. The molecule has 4 rings (SSSR count). The molecule has 0 unspecified atom stereocenters. The van der Waals surface area contributed by atoms with Crippen LogP contribution in [0.3, 0.4) is 0 Å². The molecule has 8 heteroatoms. The Morgan fingerprint density at radius 2 is 1.75 bits per heavy atom. The van der Waals surface area contributed by atoms with Crippen LogP contribution < -0.4 is 5.56 Å². The SMILES string of the molecule is CCCn1nc(C(=O)OCc2c(C#N)c(C)nn2-c2ccccc2)c2ccccc2c1=O. The van der Waals surface area contributed by atoms with Gasteiger partial charge in [-0.15, -0.1) is 0 Å². The number of nitrogens with zero attached hydrogens (tertiary/aromatic N) is 5. The number of ether oxygens (including phenoxy) is 1. The summed E-state index contributed by atoms with van der Waals surface area (Å²) in [5.41, 5.74) is 1.94. The van der Waals surface area contributed by atoms with E-state index in [1.165, 1.54) is 4.68 Å². The summed E-state index contributed by atoms with van der Waals surface area (Å²) in [5.74, 6) is -0.673. The van der Waals surface area contributed by atoms with E-state index in [9.17, 15) is 14.9 Å². The van der Waals surface area contributed by atoms with E-state index in [1.54, 1.807) is 35.9 Å². The summed E-state index contributed by atoms with van der Waals surface area (Å²) < 4.78 is 8.48. The highest BCUT2D eigenvalue weighted by atomic mass is 16.5. The summed E-state index contributed by atoms with van der Waals surface area (Å²) in [6, 6.07) is 18.3. The lowest BCUT2D eigenvalue weighted by Gasteiger charge is -2.11. The number of aromatic nitrogens is 4. The minimum absolute atomic E-state index is 0.0645. The van der Waals surface area contributed by atoms with Gasteiger partial charge in [0.1, 0.15) is 18.2 Å². The van der Waals surface area contributed by atoms with Gasteiger partial charge in [-0.1, -0.05) is 43.3 Å². The number of nitriles is 1. The van der Waals surface area contributed by atoms with Gasteiger partial charge in [0.05, 0.1) is 22.5 Å². The Hall–Kier alpha value is -4.25. The second-order valence-corrected chi connectivity index (χ2v) is 7.26. The zero-order valence-electron chi connectivity index (χ0n) is 17.8. The van der Waals surface area contributed by atoms with Crippen LogP contribution in [0.25, 0.3) is 16.5 Å². The van der Waals surface area contributed by atoms with Gasteiger partial charge in [0.2, 0.25) is 0 Å². The molecule has 0 bridgehead atoms. The van der Waals surface area contributed by atoms with Crippen LogP contribution in [0, 0.1) is 18.3 Å². The Morgan fingerprint density at radius 3 is 2.44 bits per heavy atom. The van der Waals surface area contributed by atoms with Crippen LogP contribution in [0.2, 0.25) is 0 Å². The molecule has 0 spiro atoms. The van der Waals surface area contributed by atoms with Gasteiger partial charge in [0, 0.05) is 11.9 Å². The predicted octanol–water partition coefficient (Wildman–Crippen LogP) is 3.53. The molecule has 2 aromatic heterocycles. The van der Waals surface area contributed by atoms with E-state index in [4.69, 9.17) is 4.74 Å². The smallest absolute Gasteiger partial charge is 0.359 e. The second-order valence-electron chi connectivity index (χ2n) is 7.26. The fraction of sp³-hybridized carbons (Fsp3) is 0.208. The molecular formula is C24H21N5O3. The standard InChI is InChI=1S/C24H21N5O3/c1-3-13-28-23(30)19-12-8-7-11-18(19)22(27-28)24(31)32-15-21-20(14-25)16(2)26-29(21)17-9-5-4-6-10-17/h4-12H,3,13,15H2,1-2H3. The lowest BCUT2D eigenvalue weighted by Crippen LogP contribution is -2.26. The Kier molecular flexibility index (Phi) is 5.81. The molecule has 4 aromatic rings. The number of esters is 1. The minimum Gasteiger partial charge on any atom is -0.454 e. The van der Waals surface area contributed by atoms with E-state index in [0.29, 0.717) is 40.7 Å². The largest absolute Gasteiger partial charge is 0.454 e. The third-order valence-corrected chi connectivity index (χ3v) is 5.11. The Balaban J connectivity index is 1.72. The number of benzene rings is 2. The number of hydrogen-bond acceptors (Lipinski definition) is 6. The van der Waals surface area contributed by atoms with Crippen LogP contribution in [0.5, 0.6) is 0 Å². The summed E-state index contributed by atoms with van der Waals surface area (Å²) in [5, 5.41) is 19.2. The van der Waals surface area contributed by atoms with Crippen LogP contribution >= 0.6 is 0 Å². The highest BCUT2D eigenvalue weighted by Gasteiger charge is 2.21. The fourth-order valence-electron chi connectivity index (χ4n) is 3.59. The number of hydrogen-bond donors (Lipinski definition) is 0. The molecule has 0 aliphatic rings. The van der Waals surface area contributed by atoms with Crippen molar-refractivity contribution in [1.82, 2.24) is 19.6 Å². The molecule has 0 aliphatic carbocycles. The molecular weight excluding hydrogens is 406 g/mol. The van der Waals surface area contributed by atoms with E-state index >= 15 is 0 Å². The average Bonchev–Trinajstić information content (AvgIpc) is 3.15. The maximum atomic E-state index is 13.0. The van der Waals surface area contributed by atoms with Crippen molar-refractivity contribution in [2.24, 2.45) is 0 Å². The maximum Gasteiger partial charge on any atom is 0.359 e. The van der Waals surface area contributed by atoms with E-state index in [1.807, 2.05) is 37.3 Å². The number of fused-ring (bicyclic) bond motifs is 1. The van der Waals surface area contributed by atoms with Crippen LogP contribution in [0.1, 0.15) is 40.8 Å². The molecule has 0 saturated heterocycles. The van der Waals surface area contributed by atoms with Gasteiger partial charge in [-0.2, -0.15) is 15.5 Å². The summed E-state index contributed by atoms with van der Waals surface area (Å²) >= 11 is 0. The zero-order chi connectivity index (χ0) is 22.7. The third-order valence-electron chi connectivity index (χ3n) is 5.11. The molecule has 0 aliphatic heterocycles. The molecule has 0 saturated carbocycles. The maximum absolute atomic E-state index is 13.0. The first kappa shape index (κ1) is 21.0. The van der Waals surface area contributed by atoms with Crippen LogP contribution in [0.15, 0.2) is 59.4 Å². The van der Waals surface area contributed by atoms with Gasteiger partial charge in [-0.05, 0) is 31.5 Å². The van der Waals surface area contributed by atoms with Crippen molar-refractivity contribution in [2.75, 3.05) is 0 Å². The summed E-state index contributed by atoms with van der Waals surface area (Å²) in [4.78, 5) is 25.7. The van der Waals surface area contributed by atoms with Gasteiger partial charge in [-0.25, -0.2) is 14.2 Å². The molecule has 32 heavy (non-hydrogen) atoms. The topological polar surface area (TPSA) is 103 Å². The van der Waals surface area contributed by atoms with Crippen LogP contribution in [-0.4, -0.2) is 25.5 Å². The van der Waals surface area contributed by atoms with Gasteiger partial charge < -0.3 is 4.74 Å². The van der Waals surface area contributed by atoms with Crippen LogP contribution in [-0.2, 0) is 17.9 Å². The second kappa shape index (κ2) is 8.86. The van der Waals surface area contributed by atoms with Crippen molar-refractivity contribution in [3.05, 3.63) is 87.6 Å². The molecule has 2 aromatic carbocycles. The van der Waals surface area contributed by atoms with Crippen molar-refractivity contribution < 1.29 is 9.53 Å². The Labute approximate surface area is 184 Å². The van der Waals surface area contributed by atoms with Gasteiger partial charge in [-0.3, -0.25) is 4.79 Å². The first-order chi connectivity index (χ1) is 15.5. The normalized spacial score (nSPS) is 10.8. The van der Waals surface area contributed by atoms with Crippen molar-refractivity contribution >= 4 is 16.7 Å². The lowest BCUT2D eigenvalue weighted by molar-refractivity contribution is 0.0457. The van der Waals surface area contributed by atoms with Crippen molar-refractivity contribution in [1.29, 1.82) is 5.26 Å². The van der Waals surface area contributed by atoms with Gasteiger partial charge >= 0.3 is 5.97 Å². The summed E-state index contributed by atoms with van der Waals surface area (Å²) in [7, 11) is 0. The lowest BCUT2D eigenvalue weighted by atomic mass is 10.1. The third kappa shape index (κ3) is 3.76. The molecule has 0 atom stereocenters. The minimum atomic E-state index is -0.673. The molecule has 2 heterocycles. The fourth-order valence-corrected chi connectivity index (χ4v) is 3.59. The molecule has 0 amide bonds. The number of rotatable bonds is 6. The predicted molar refractivity (Wildman–Crippen MR) is 118 cm³/mol. The average molecular weight is 427 g/mol. The highest BCUT2D eigenvalue weighted by Crippen LogP contribution is 2.20. The van der Waals surface area contributed by atoms with Crippen molar-refractivity contribution in [2.45, 2.75) is 33.4 Å². The number of aryl methyl sites for hydroxylation is 2. The summed E-state index contributed by atoms with van der Waals surface area (Å²) in [6.45, 7) is 3.89. The van der Waals surface area contributed by atoms with Crippen LogP contribution in [0.4, 0.5) is 0 Å².